The molecule has 0 aromatic heterocycles. The third-order valence-corrected chi connectivity index (χ3v) is 2.21. The minimum Gasteiger partial charge on any atom is -0.296 e. The number of aliphatic imine (C=N–C) groups is 1. The molecule has 0 aromatic carbocycles. The highest BCUT2D eigenvalue weighted by atomic mass is 14.6. The fourth-order valence-corrected chi connectivity index (χ4v) is 1.65. The molecule has 1 nitrogen and oxygen atoms in total. The van der Waals surface area contributed by atoms with Gasteiger partial charge >= 0.3 is 0 Å². The maximum atomic E-state index is 4.08. The Labute approximate surface area is 74.9 Å². The maximum Gasteiger partial charge on any atom is 0.0277 e. The van der Waals surface area contributed by atoms with Crippen molar-refractivity contribution in [1.82, 2.24) is 0 Å². The topological polar surface area (TPSA) is 12.4 Å². The van der Waals surface area contributed by atoms with Crippen molar-refractivity contribution in [3.05, 3.63) is 23.3 Å². The Hall–Kier alpha value is -0.850. The number of allylic oxidation sites excluding steroid dienone is 4. The summed E-state index contributed by atoms with van der Waals surface area (Å²) >= 11 is 0. The van der Waals surface area contributed by atoms with E-state index in [1.165, 1.54) is 36.8 Å². The molecule has 0 unspecified atom stereocenters. The van der Waals surface area contributed by atoms with Gasteiger partial charge in [0.15, 0.2) is 0 Å². The molecule has 0 atom stereocenters. The van der Waals surface area contributed by atoms with E-state index < -0.39 is 0 Å². The molecule has 1 rings (SSSR count). The molecule has 1 aliphatic rings. The van der Waals surface area contributed by atoms with Gasteiger partial charge < -0.3 is 0 Å². The third kappa shape index (κ3) is 2.33. The van der Waals surface area contributed by atoms with Gasteiger partial charge in [-0.1, -0.05) is 12.2 Å². The maximum absolute atomic E-state index is 4.08. The molecule has 0 heterocycles. The van der Waals surface area contributed by atoms with Crippen LogP contribution in [0.5, 0.6) is 0 Å². The molecule has 0 saturated carbocycles. The number of nitrogens with zero attached hydrogens (tertiary/aromatic N) is 1. The second-order valence-corrected chi connectivity index (χ2v) is 3.14. The molecule has 0 saturated heterocycles. The van der Waals surface area contributed by atoms with Gasteiger partial charge in [-0.05, 0) is 43.8 Å². The minimum absolute atomic E-state index is 1.21. The molecular formula is C11H17N. The van der Waals surface area contributed by atoms with E-state index >= 15 is 0 Å². The molecule has 0 aromatic rings. The normalized spacial score (nSPS) is 19.8. The molecule has 0 radical (unpaired) electrons. The molecule has 1 heteroatoms. The molecule has 0 N–H and O–H groups in total. The van der Waals surface area contributed by atoms with Crippen LogP contribution in [0.15, 0.2) is 28.3 Å². The van der Waals surface area contributed by atoms with Gasteiger partial charge in [-0.15, -0.1) is 0 Å². The van der Waals surface area contributed by atoms with Gasteiger partial charge in [-0.2, -0.15) is 0 Å². The molecule has 0 amide bonds. The van der Waals surface area contributed by atoms with Gasteiger partial charge in [-0.25, -0.2) is 0 Å². The van der Waals surface area contributed by atoms with E-state index in [0.29, 0.717) is 0 Å². The molecule has 0 spiro atoms. The van der Waals surface area contributed by atoms with E-state index in [2.05, 4.69) is 24.1 Å². The second-order valence-electron chi connectivity index (χ2n) is 3.14. The van der Waals surface area contributed by atoms with Crippen LogP contribution in [0.3, 0.4) is 0 Å². The van der Waals surface area contributed by atoms with Crippen LogP contribution in [0.2, 0.25) is 0 Å². The van der Waals surface area contributed by atoms with Gasteiger partial charge in [0, 0.05) is 13.3 Å². The van der Waals surface area contributed by atoms with Gasteiger partial charge in [0.25, 0.3) is 0 Å². The summed E-state index contributed by atoms with van der Waals surface area (Å²) in [5.74, 6) is 0. The zero-order valence-electron chi connectivity index (χ0n) is 8.01. The van der Waals surface area contributed by atoms with Gasteiger partial charge in [0.1, 0.15) is 0 Å². The molecule has 66 valence electrons. The summed E-state index contributed by atoms with van der Waals surface area (Å²) in [6, 6.07) is 0. The minimum atomic E-state index is 1.21. The zero-order valence-corrected chi connectivity index (χ0v) is 8.01. The van der Waals surface area contributed by atoms with Gasteiger partial charge in [0.2, 0.25) is 0 Å². The van der Waals surface area contributed by atoms with Crippen molar-refractivity contribution < 1.29 is 0 Å². The fourth-order valence-electron chi connectivity index (χ4n) is 1.65. The largest absolute Gasteiger partial charge is 0.296 e. The Morgan fingerprint density at radius 1 is 1.17 bits per heavy atom. The summed E-state index contributed by atoms with van der Waals surface area (Å²) in [5, 5.41) is 0. The van der Waals surface area contributed by atoms with Crippen LogP contribution < -0.4 is 0 Å². The van der Waals surface area contributed by atoms with E-state index in [1.54, 1.807) is 0 Å². The molecular weight excluding hydrogens is 146 g/mol. The van der Waals surface area contributed by atoms with Gasteiger partial charge in [-0.3, -0.25) is 4.99 Å². The lowest BCUT2D eigenvalue weighted by molar-refractivity contribution is 0.700. The van der Waals surface area contributed by atoms with Crippen LogP contribution in [-0.4, -0.2) is 13.3 Å². The van der Waals surface area contributed by atoms with Crippen molar-refractivity contribution in [2.75, 3.05) is 7.05 Å². The number of hydrogen-bond acceptors (Lipinski definition) is 1. The van der Waals surface area contributed by atoms with Crippen molar-refractivity contribution in [1.29, 1.82) is 0 Å². The van der Waals surface area contributed by atoms with Crippen molar-refractivity contribution in [3.63, 3.8) is 0 Å². The van der Waals surface area contributed by atoms with Crippen molar-refractivity contribution in [3.8, 4) is 0 Å². The predicted molar refractivity (Wildman–Crippen MR) is 54.7 cm³/mol. The Balaban J connectivity index is 2.82. The average Bonchev–Trinajstić information content (AvgIpc) is 2.09. The first-order valence-electron chi connectivity index (χ1n) is 4.65. The highest BCUT2D eigenvalue weighted by Crippen LogP contribution is 2.24. The van der Waals surface area contributed by atoms with Crippen LogP contribution >= 0.6 is 0 Å². The van der Waals surface area contributed by atoms with E-state index in [1.807, 2.05) is 13.3 Å². The van der Waals surface area contributed by atoms with Crippen molar-refractivity contribution in [2.45, 2.75) is 32.6 Å². The third-order valence-electron chi connectivity index (χ3n) is 2.21. The SMILES string of the molecule is C/C=C\C1=C(/C=N\C)CCCC1. The van der Waals surface area contributed by atoms with Crippen molar-refractivity contribution >= 4 is 6.21 Å². The first-order valence-corrected chi connectivity index (χ1v) is 4.65. The summed E-state index contributed by atoms with van der Waals surface area (Å²) in [6.45, 7) is 2.07. The van der Waals surface area contributed by atoms with E-state index in [4.69, 9.17) is 0 Å². The van der Waals surface area contributed by atoms with Crippen LogP contribution in [0, 0.1) is 0 Å². The molecule has 0 bridgehead atoms. The first-order chi connectivity index (χ1) is 5.88. The van der Waals surface area contributed by atoms with Crippen LogP contribution in [-0.2, 0) is 0 Å². The molecule has 1 aliphatic carbocycles. The van der Waals surface area contributed by atoms with E-state index in [9.17, 15) is 0 Å². The molecule has 0 aliphatic heterocycles. The second kappa shape index (κ2) is 4.91. The van der Waals surface area contributed by atoms with Crippen LogP contribution in [0.25, 0.3) is 0 Å². The summed E-state index contributed by atoms with van der Waals surface area (Å²) in [6.07, 6.45) is 11.4. The fraction of sp³-hybridized carbons (Fsp3) is 0.545. The highest BCUT2D eigenvalue weighted by Gasteiger charge is 2.07. The predicted octanol–water partition coefficient (Wildman–Crippen LogP) is 3.13. The Morgan fingerprint density at radius 2 is 1.83 bits per heavy atom. The standard InChI is InChI=1S/C11H17N/c1-3-6-10-7-4-5-8-11(10)9-12-2/h3,6,9H,4-5,7-8H2,1-2H3/b6-3-,12-9-. The summed E-state index contributed by atoms with van der Waals surface area (Å²) in [5.41, 5.74) is 2.91. The average molecular weight is 163 g/mol. The zero-order chi connectivity index (χ0) is 8.81. The van der Waals surface area contributed by atoms with Crippen molar-refractivity contribution in [2.24, 2.45) is 4.99 Å². The Kier molecular flexibility index (Phi) is 3.78. The summed E-state index contributed by atoms with van der Waals surface area (Å²) in [4.78, 5) is 4.08. The summed E-state index contributed by atoms with van der Waals surface area (Å²) in [7, 11) is 1.84. The molecule has 12 heavy (non-hydrogen) atoms. The van der Waals surface area contributed by atoms with Crippen LogP contribution in [0.1, 0.15) is 32.6 Å². The number of hydrogen-bond donors (Lipinski definition) is 0. The smallest absolute Gasteiger partial charge is 0.0277 e. The van der Waals surface area contributed by atoms with E-state index in [0.717, 1.165) is 0 Å². The Bertz CT molecular complexity index is 197. The van der Waals surface area contributed by atoms with E-state index in [-0.39, 0.29) is 0 Å². The first kappa shape index (κ1) is 9.24. The lowest BCUT2D eigenvalue weighted by Gasteiger charge is -2.14. The molecule has 0 fully saturated rings. The summed E-state index contributed by atoms with van der Waals surface area (Å²) < 4.78 is 0. The van der Waals surface area contributed by atoms with Gasteiger partial charge in [0.05, 0.1) is 0 Å². The lowest BCUT2D eigenvalue weighted by atomic mass is 9.92. The lowest BCUT2D eigenvalue weighted by Crippen LogP contribution is -1.99. The van der Waals surface area contributed by atoms with Crippen LogP contribution in [0.4, 0.5) is 0 Å². The quantitative estimate of drug-likeness (QED) is 0.554. The number of rotatable bonds is 2. The highest BCUT2D eigenvalue weighted by molar-refractivity contribution is 5.80. The Morgan fingerprint density at radius 3 is 2.42 bits per heavy atom. The monoisotopic (exact) mass is 163 g/mol.